The third kappa shape index (κ3) is 4.06. The molecule has 29 heavy (non-hydrogen) atoms. The van der Waals surface area contributed by atoms with E-state index in [1.54, 1.807) is 6.07 Å². The second-order valence-corrected chi connectivity index (χ2v) is 8.00. The van der Waals surface area contributed by atoms with Gasteiger partial charge in [-0.05, 0) is 39.2 Å². The summed E-state index contributed by atoms with van der Waals surface area (Å²) in [5, 5.41) is 2.84. The van der Waals surface area contributed by atoms with Gasteiger partial charge in [0.1, 0.15) is 5.54 Å². The number of carbonyl (C=O) groups is 4. The van der Waals surface area contributed by atoms with E-state index in [-0.39, 0.29) is 24.2 Å². The Morgan fingerprint density at radius 2 is 1.86 bits per heavy atom. The van der Waals surface area contributed by atoms with E-state index in [0.29, 0.717) is 37.8 Å². The minimum Gasteiger partial charge on any atom is -0.469 e. The molecule has 1 aromatic heterocycles. The van der Waals surface area contributed by atoms with E-state index in [1.807, 2.05) is 18.4 Å². The summed E-state index contributed by atoms with van der Waals surface area (Å²) in [6, 6.07) is 1.31. The molecule has 1 spiro atoms. The Hall–Kier alpha value is -2.64. The number of nitrogens with one attached hydrogen (secondary N) is 1. The van der Waals surface area contributed by atoms with Gasteiger partial charge in [-0.3, -0.25) is 19.3 Å². The summed E-state index contributed by atoms with van der Waals surface area (Å²) < 4.78 is 6.63. The van der Waals surface area contributed by atoms with Crippen LogP contribution in [0.5, 0.6) is 0 Å². The highest BCUT2D eigenvalue weighted by atomic mass is 16.5. The van der Waals surface area contributed by atoms with Gasteiger partial charge in [0.15, 0.2) is 5.78 Å². The van der Waals surface area contributed by atoms with Gasteiger partial charge in [-0.25, -0.2) is 4.79 Å². The van der Waals surface area contributed by atoms with Gasteiger partial charge in [-0.15, -0.1) is 0 Å². The smallest absolute Gasteiger partial charge is 0.325 e. The van der Waals surface area contributed by atoms with Crippen LogP contribution >= 0.6 is 0 Å². The molecule has 2 fully saturated rings. The number of nitrogens with zero attached hydrogens (tertiary/aromatic N) is 2. The first-order chi connectivity index (χ1) is 13.8. The maximum Gasteiger partial charge on any atom is 0.325 e. The number of rotatable bonds is 7. The lowest BCUT2D eigenvalue weighted by molar-refractivity contribution is -0.140. The summed E-state index contributed by atoms with van der Waals surface area (Å²) >= 11 is 0. The summed E-state index contributed by atoms with van der Waals surface area (Å²) in [6.45, 7) is 4.07. The second-order valence-electron chi connectivity index (χ2n) is 8.00. The lowest BCUT2D eigenvalue weighted by Crippen LogP contribution is -2.48. The van der Waals surface area contributed by atoms with Crippen molar-refractivity contribution in [1.29, 1.82) is 0 Å². The highest BCUT2D eigenvalue weighted by Gasteiger charge is 2.51. The molecule has 0 aromatic carbocycles. The van der Waals surface area contributed by atoms with Crippen LogP contribution in [-0.4, -0.2) is 52.4 Å². The van der Waals surface area contributed by atoms with Crippen LogP contribution < -0.4 is 5.32 Å². The molecular formula is C21H29N3O5. The second kappa shape index (κ2) is 8.39. The number of aromatic nitrogens is 1. The molecule has 2 heterocycles. The standard InChI is InChI=1S/C21H29N3O5/c1-14-12-16(15(2)23(14)11-7-8-18(26)29-3)17(25)13-24-19(27)21(22-20(24)28)9-5-4-6-10-21/h12H,4-11,13H2,1-3H3,(H,22,28). The maximum absolute atomic E-state index is 12.9. The Balaban J connectivity index is 1.69. The van der Waals surface area contributed by atoms with Crippen molar-refractivity contribution < 1.29 is 23.9 Å². The van der Waals surface area contributed by atoms with Crippen LogP contribution in [0.25, 0.3) is 0 Å². The molecule has 8 nitrogen and oxygen atoms in total. The Morgan fingerprint density at radius 3 is 2.52 bits per heavy atom. The zero-order valence-electron chi connectivity index (χ0n) is 17.4. The normalized spacial score (nSPS) is 18.2. The fourth-order valence-corrected chi connectivity index (χ4v) is 4.45. The van der Waals surface area contributed by atoms with E-state index >= 15 is 0 Å². The molecule has 1 saturated heterocycles. The summed E-state index contributed by atoms with van der Waals surface area (Å²) in [4.78, 5) is 50.6. The molecule has 158 valence electrons. The van der Waals surface area contributed by atoms with Crippen molar-refractivity contribution in [3.05, 3.63) is 23.0 Å². The van der Waals surface area contributed by atoms with Crippen LogP contribution in [0.3, 0.4) is 0 Å². The first-order valence-corrected chi connectivity index (χ1v) is 10.2. The number of amides is 3. The lowest BCUT2D eigenvalue weighted by atomic mass is 9.82. The minimum absolute atomic E-state index is 0.251. The molecule has 1 aliphatic heterocycles. The largest absolute Gasteiger partial charge is 0.469 e. The van der Waals surface area contributed by atoms with Crippen LogP contribution in [0.2, 0.25) is 0 Å². The third-order valence-corrected chi connectivity index (χ3v) is 6.12. The van der Waals surface area contributed by atoms with Gasteiger partial charge in [0.05, 0.1) is 13.7 Å². The quantitative estimate of drug-likeness (QED) is 0.429. The fourth-order valence-electron chi connectivity index (χ4n) is 4.45. The average molecular weight is 403 g/mol. The Labute approximate surface area is 170 Å². The zero-order valence-corrected chi connectivity index (χ0v) is 17.4. The number of hydrogen-bond acceptors (Lipinski definition) is 5. The molecule has 3 amide bonds. The predicted octanol–water partition coefficient (Wildman–Crippen LogP) is 2.50. The van der Waals surface area contributed by atoms with E-state index in [9.17, 15) is 19.2 Å². The van der Waals surface area contributed by atoms with Crippen molar-refractivity contribution in [2.24, 2.45) is 0 Å². The average Bonchev–Trinajstić information content (AvgIpc) is 3.10. The van der Waals surface area contributed by atoms with Crippen molar-refractivity contribution in [2.75, 3.05) is 13.7 Å². The number of Topliss-reactive ketones (excluding diaryl/α,β-unsaturated/α-hetero) is 1. The number of methoxy groups -OCH3 is 1. The highest BCUT2D eigenvalue weighted by Crippen LogP contribution is 2.33. The number of hydrogen-bond donors (Lipinski definition) is 1. The van der Waals surface area contributed by atoms with E-state index in [2.05, 4.69) is 10.1 Å². The predicted molar refractivity (Wildman–Crippen MR) is 106 cm³/mol. The third-order valence-electron chi connectivity index (χ3n) is 6.12. The molecule has 8 heteroatoms. The molecular weight excluding hydrogens is 374 g/mol. The topological polar surface area (TPSA) is 97.7 Å². The van der Waals surface area contributed by atoms with Gasteiger partial charge in [-0.1, -0.05) is 19.3 Å². The maximum atomic E-state index is 12.9. The molecule has 3 rings (SSSR count). The van der Waals surface area contributed by atoms with Gasteiger partial charge in [0, 0.05) is 29.9 Å². The van der Waals surface area contributed by atoms with Crippen molar-refractivity contribution in [3.8, 4) is 0 Å². The highest BCUT2D eigenvalue weighted by molar-refractivity contribution is 6.11. The molecule has 1 saturated carbocycles. The molecule has 2 aliphatic rings. The van der Waals surface area contributed by atoms with Crippen LogP contribution in [0.1, 0.15) is 66.7 Å². The summed E-state index contributed by atoms with van der Waals surface area (Å²) in [7, 11) is 1.36. The molecule has 1 aliphatic carbocycles. The van der Waals surface area contributed by atoms with Gasteiger partial charge in [-0.2, -0.15) is 0 Å². The van der Waals surface area contributed by atoms with Gasteiger partial charge < -0.3 is 14.6 Å². The number of ether oxygens (including phenoxy) is 1. The zero-order chi connectivity index (χ0) is 21.2. The Bertz CT molecular complexity index is 836. The molecule has 1 aromatic rings. The number of aryl methyl sites for hydroxylation is 1. The summed E-state index contributed by atoms with van der Waals surface area (Å²) in [5.41, 5.74) is 1.36. The van der Waals surface area contributed by atoms with Crippen molar-refractivity contribution >= 4 is 23.7 Å². The van der Waals surface area contributed by atoms with E-state index in [0.717, 1.165) is 35.6 Å². The Kier molecular flexibility index (Phi) is 6.10. The van der Waals surface area contributed by atoms with Crippen molar-refractivity contribution in [3.63, 3.8) is 0 Å². The first kappa shape index (κ1) is 21.1. The van der Waals surface area contributed by atoms with Crippen molar-refractivity contribution in [2.45, 2.75) is 70.9 Å². The monoisotopic (exact) mass is 403 g/mol. The molecule has 0 unspecified atom stereocenters. The van der Waals surface area contributed by atoms with E-state index in [1.165, 1.54) is 7.11 Å². The van der Waals surface area contributed by atoms with Crippen LogP contribution in [0, 0.1) is 13.8 Å². The fraction of sp³-hybridized carbons (Fsp3) is 0.619. The molecule has 0 radical (unpaired) electrons. The first-order valence-electron chi connectivity index (χ1n) is 10.2. The van der Waals surface area contributed by atoms with Crippen LogP contribution in [0.4, 0.5) is 4.79 Å². The van der Waals surface area contributed by atoms with Gasteiger partial charge in [0.25, 0.3) is 5.91 Å². The lowest BCUT2D eigenvalue weighted by Gasteiger charge is -2.30. The van der Waals surface area contributed by atoms with Crippen LogP contribution in [-0.2, 0) is 20.9 Å². The number of carbonyl (C=O) groups excluding carboxylic acids is 4. The molecule has 1 N–H and O–H groups in total. The SMILES string of the molecule is COC(=O)CCCn1c(C)cc(C(=O)CN2C(=O)NC3(CCCCC3)C2=O)c1C. The van der Waals surface area contributed by atoms with Crippen molar-refractivity contribution in [1.82, 2.24) is 14.8 Å². The minimum atomic E-state index is -0.819. The molecule has 0 atom stereocenters. The molecule has 0 bridgehead atoms. The Morgan fingerprint density at radius 1 is 1.17 bits per heavy atom. The van der Waals surface area contributed by atoms with E-state index < -0.39 is 11.6 Å². The van der Waals surface area contributed by atoms with Gasteiger partial charge in [0.2, 0.25) is 0 Å². The van der Waals surface area contributed by atoms with E-state index in [4.69, 9.17) is 0 Å². The number of urea groups is 1. The summed E-state index contributed by atoms with van der Waals surface area (Å²) in [5.74, 6) is -0.796. The number of imide groups is 1. The number of ketones is 1. The van der Waals surface area contributed by atoms with Crippen LogP contribution in [0.15, 0.2) is 6.07 Å². The summed E-state index contributed by atoms with van der Waals surface area (Å²) in [6.07, 6.45) is 5.05. The van der Waals surface area contributed by atoms with Gasteiger partial charge >= 0.3 is 12.0 Å². The number of esters is 1.